The standard InChI is InChI=1S/C19H20O4/c20-16-5-1-3-13(9-16)7-8-15-12-23-19(22)18(15)11-14-4-2-6-17(21)10-14/h1-6,9-10,15,18,20-21H,7-8,11-12H2/t15-,18+/m1/s1. The summed E-state index contributed by atoms with van der Waals surface area (Å²) in [5.41, 5.74) is 2.00. The lowest BCUT2D eigenvalue weighted by Crippen LogP contribution is -2.19. The Bertz CT molecular complexity index is 695. The van der Waals surface area contributed by atoms with Gasteiger partial charge < -0.3 is 14.9 Å². The van der Waals surface area contributed by atoms with Crippen LogP contribution in [0.25, 0.3) is 0 Å². The third kappa shape index (κ3) is 3.83. The van der Waals surface area contributed by atoms with E-state index in [0.717, 1.165) is 24.0 Å². The Morgan fingerprint density at radius 2 is 1.65 bits per heavy atom. The van der Waals surface area contributed by atoms with Gasteiger partial charge in [-0.3, -0.25) is 4.79 Å². The number of carbonyl (C=O) groups excluding carboxylic acids is 1. The highest BCUT2D eigenvalue weighted by atomic mass is 16.5. The summed E-state index contributed by atoms with van der Waals surface area (Å²) in [5.74, 6) is 0.304. The van der Waals surface area contributed by atoms with E-state index in [9.17, 15) is 15.0 Å². The Hall–Kier alpha value is -2.49. The number of phenolic OH excluding ortho intramolecular Hbond substituents is 2. The molecule has 1 aliphatic heterocycles. The van der Waals surface area contributed by atoms with E-state index >= 15 is 0 Å². The molecule has 23 heavy (non-hydrogen) atoms. The molecule has 4 heteroatoms. The summed E-state index contributed by atoms with van der Waals surface area (Å²) in [6.45, 7) is 0.446. The molecule has 0 aliphatic carbocycles. The van der Waals surface area contributed by atoms with Crippen molar-refractivity contribution in [2.45, 2.75) is 19.3 Å². The van der Waals surface area contributed by atoms with Crippen LogP contribution in [-0.4, -0.2) is 22.8 Å². The van der Waals surface area contributed by atoms with E-state index in [1.165, 1.54) is 0 Å². The Morgan fingerprint density at radius 3 is 2.35 bits per heavy atom. The smallest absolute Gasteiger partial charge is 0.309 e. The molecule has 2 N–H and O–H groups in total. The summed E-state index contributed by atoms with van der Waals surface area (Å²) in [5, 5.41) is 19.1. The van der Waals surface area contributed by atoms with E-state index in [0.29, 0.717) is 13.0 Å². The third-order valence-corrected chi connectivity index (χ3v) is 4.39. The molecular formula is C19H20O4. The monoisotopic (exact) mass is 312 g/mol. The summed E-state index contributed by atoms with van der Waals surface area (Å²) in [6, 6.07) is 14.2. The Morgan fingerprint density at radius 1 is 1.00 bits per heavy atom. The predicted octanol–water partition coefficient (Wildman–Crippen LogP) is 3.06. The second kappa shape index (κ2) is 6.73. The predicted molar refractivity (Wildman–Crippen MR) is 86.2 cm³/mol. The summed E-state index contributed by atoms with van der Waals surface area (Å²) in [4.78, 5) is 12.0. The zero-order valence-electron chi connectivity index (χ0n) is 12.8. The zero-order valence-corrected chi connectivity index (χ0v) is 12.8. The first-order valence-corrected chi connectivity index (χ1v) is 7.84. The number of carbonyl (C=O) groups is 1. The minimum atomic E-state index is -0.172. The van der Waals surface area contributed by atoms with Crippen LogP contribution in [0.15, 0.2) is 48.5 Å². The number of benzene rings is 2. The van der Waals surface area contributed by atoms with Crippen LogP contribution >= 0.6 is 0 Å². The maximum absolute atomic E-state index is 12.0. The fourth-order valence-electron chi connectivity index (χ4n) is 3.14. The minimum absolute atomic E-state index is 0.158. The van der Waals surface area contributed by atoms with Crippen LogP contribution in [0.2, 0.25) is 0 Å². The molecule has 2 aromatic carbocycles. The van der Waals surface area contributed by atoms with Gasteiger partial charge >= 0.3 is 5.97 Å². The number of ether oxygens (including phenoxy) is 1. The van der Waals surface area contributed by atoms with Gasteiger partial charge in [0.15, 0.2) is 0 Å². The molecule has 0 spiro atoms. The summed E-state index contributed by atoms with van der Waals surface area (Å²) >= 11 is 0. The van der Waals surface area contributed by atoms with Crippen LogP contribution in [0.5, 0.6) is 11.5 Å². The van der Waals surface area contributed by atoms with Gasteiger partial charge in [0.1, 0.15) is 11.5 Å². The van der Waals surface area contributed by atoms with Gasteiger partial charge in [-0.1, -0.05) is 24.3 Å². The molecule has 2 aromatic rings. The zero-order chi connectivity index (χ0) is 16.2. The molecule has 120 valence electrons. The lowest BCUT2D eigenvalue weighted by Gasteiger charge is -2.15. The highest BCUT2D eigenvalue weighted by molar-refractivity contribution is 5.75. The fourth-order valence-corrected chi connectivity index (χ4v) is 3.14. The highest BCUT2D eigenvalue weighted by Gasteiger charge is 2.36. The first-order valence-electron chi connectivity index (χ1n) is 7.84. The largest absolute Gasteiger partial charge is 0.508 e. The highest BCUT2D eigenvalue weighted by Crippen LogP contribution is 2.30. The molecule has 1 fully saturated rings. The van der Waals surface area contributed by atoms with Gasteiger partial charge in [0.2, 0.25) is 0 Å². The van der Waals surface area contributed by atoms with Crippen LogP contribution < -0.4 is 0 Å². The number of rotatable bonds is 5. The van der Waals surface area contributed by atoms with Crippen molar-refractivity contribution in [3.63, 3.8) is 0 Å². The van der Waals surface area contributed by atoms with Gasteiger partial charge in [0.05, 0.1) is 12.5 Å². The Labute approximate surface area is 135 Å². The van der Waals surface area contributed by atoms with Gasteiger partial charge in [-0.25, -0.2) is 0 Å². The Balaban J connectivity index is 1.65. The van der Waals surface area contributed by atoms with E-state index in [4.69, 9.17) is 4.74 Å². The molecule has 0 amide bonds. The van der Waals surface area contributed by atoms with Crippen molar-refractivity contribution >= 4 is 5.97 Å². The van der Waals surface area contributed by atoms with Gasteiger partial charge in [-0.15, -0.1) is 0 Å². The maximum Gasteiger partial charge on any atom is 0.309 e. The molecule has 1 heterocycles. The first kappa shape index (κ1) is 15.4. The molecule has 0 unspecified atom stereocenters. The summed E-state index contributed by atoms with van der Waals surface area (Å²) < 4.78 is 5.24. The average molecular weight is 312 g/mol. The van der Waals surface area contributed by atoms with Crippen molar-refractivity contribution in [3.8, 4) is 11.5 Å². The maximum atomic E-state index is 12.0. The number of esters is 1. The molecule has 4 nitrogen and oxygen atoms in total. The second-order valence-corrected chi connectivity index (χ2v) is 6.08. The average Bonchev–Trinajstić information content (AvgIpc) is 2.86. The third-order valence-electron chi connectivity index (χ3n) is 4.39. The summed E-state index contributed by atoms with van der Waals surface area (Å²) in [7, 11) is 0. The molecule has 3 rings (SSSR count). The molecule has 1 aliphatic rings. The molecule has 0 bridgehead atoms. The minimum Gasteiger partial charge on any atom is -0.508 e. The molecule has 2 atom stereocenters. The number of aryl methyl sites for hydroxylation is 1. The SMILES string of the molecule is O=C1OC[C@@H](CCc2cccc(O)c2)[C@@H]1Cc1cccc(O)c1. The normalized spacial score (nSPS) is 20.4. The van der Waals surface area contributed by atoms with E-state index in [-0.39, 0.29) is 29.3 Å². The number of hydrogen-bond acceptors (Lipinski definition) is 4. The van der Waals surface area contributed by atoms with E-state index in [2.05, 4.69) is 0 Å². The van der Waals surface area contributed by atoms with Crippen molar-refractivity contribution in [3.05, 3.63) is 59.7 Å². The Kier molecular flexibility index (Phi) is 4.51. The van der Waals surface area contributed by atoms with Gasteiger partial charge in [0.25, 0.3) is 0 Å². The van der Waals surface area contributed by atoms with Crippen molar-refractivity contribution in [2.75, 3.05) is 6.61 Å². The quantitative estimate of drug-likeness (QED) is 0.833. The van der Waals surface area contributed by atoms with E-state index < -0.39 is 0 Å². The first-order chi connectivity index (χ1) is 11.1. The van der Waals surface area contributed by atoms with E-state index in [1.807, 2.05) is 18.2 Å². The van der Waals surface area contributed by atoms with Crippen molar-refractivity contribution in [2.24, 2.45) is 11.8 Å². The number of cyclic esters (lactones) is 1. The summed E-state index contributed by atoms with van der Waals surface area (Å²) in [6.07, 6.45) is 2.21. The van der Waals surface area contributed by atoms with Crippen LogP contribution in [0, 0.1) is 11.8 Å². The molecule has 0 aromatic heterocycles. The lowest BCUT2D eigenvalue weighted by molar-refractivity contribution is -0.141. The van der Waals surface area contributed by atoms with E-state index in [1.54, 1.807) is 30.3 Å². The topological polar surface area (TPSA) is 66.8 Å². The van der Waals surface area contributed by atoms with Crippen LogP contribution in [-0.2, 0) is 22.4 Å². The van der Waals surface area contributed by atoms with Crippen molar-refractivity contribution in [1.82, 2.24) is 0 Å². The molecule has 0 radical (unpaired) electrons. The van der Waals surface area contributed by atoms with Crippen molar-refractivity contribution < 1.29 is 19.7 Å². The van der Waals surface area contributed by atoms with Gasteiger partial charge in [-0.2, -0.15) is 0 Å². The molecular weight excluding hydrogens is 292 g/mol. The van der Waals surface area contributed by atoms with Gasteiger partial charge in [0, 0.05) is 5.92 Å². The van der Waals surface area contributed by atoms with Crippen LogP contribution in [0.4, 0.5) is 0 Å². The van der Waals surface area contributed by atoms with Gasteiger partial charge in [-0.05, 0) is 54.7 Å². The molecule has 0 saturated carbocycles. The van der Waals surface area contributed by atoms with Crippen LogP contribution in [0.3, 0.4) is 0 Å². The molecule has 1 saturated heterocycles. The number of phenols is 2. The van der Waals surface area contributed by atoms with Crippen LogP contribution in [0.1, 0.15) is 17.5 Å². The number of aromatic hydroxyl groups is 2. The second-order valence-electron chi connectivity index (χ2n) is 6.08. The fraction of sp³-hybridized carbons (Fsp3) is 0.316. The van der Waals surface area contributed by atoms with Crippen molar-refractivity contribution in [1.29, 1.82) is 0 Å². The number of hydrogen-bond donors (Lipinski definition) is 2. The lowest BCUT2D eigenvalue weighted by atomic mass is 9.85.